The molecule has 1 aliphatic rings. The van der Waals surface area contributed by atoms with Gasteiger partial charge in [0.15, 0.2) is 5.78 Å². The fraction of sp³-hybridized carbons (Fsp3) is 0.440. The van der Waals surface area contributed by atoms with Crippen LogP contribution in [0.15, 0.2) is 36.7 Å². The summed E-state index contributed by atoms with van der Waals surface area (Å²) in [7, 11) is 0. The zero-order valence-corrected chi connectivity index (χ0v) is 19.7. The summed E-state index contributed by atoms with van der Waals surface area (Å²) in [5.41, 5.74) is 1.91. The van der Waals surface area contributed by atoms with Crippen molar-refractivity contribution in [1.82, 2.24) is 14.9 Å². The van der Waals surface area contributed by atoms with Gasteiger partial charge in [-0.05, 0) is 32.3 Å². The second-order valence-corrected chi connectivity index (χ2v) is 9.46. The number of amides is 1. The van der Waals surface area contributed by atoms with E-state index in [2.05, 4.69) is 27.9 Å². The minimum absolute atomic E-state index is 0.155. The summed E-state index contributed by atoms with van der Waals surface area (Å²) in [6.45, 7) is 7.13. The number of aryl methyl sites for hydroxylation is 2. The van der Waals surface area contributed by atoms with Crippen molar-refractivity contribution in [2.24, 2.45) is 0 Å². The quantitative estimate of drug-likeness (QED) is 0.369. The number of unbranched alkanes of at least 4 members (excludes halogenated alkanes) is 1. The van der Waals surface area contributed by atoms with Gasteiger partial charge in [-0.3, -0.25) is 9.59 Å². The Morgan fingerprint density at radius 1 is 1.00 bits per heavy atom. The van der Waals surface area contributed by atoms with Crippen LogP contribution < -0.4 is 4.90 Å². The Morgan fingerprint density at radius 3 is 2.44 bits per heavy atom. The van der Waals surface area contributed by atoms with Crippen LogP contribution in [-0.4, -0.2) is 52.7 Å². The number of fused-ring (bicyclic) bond motifs is 1. The van der Waals surface area contributed by atoms with Gasteiger partial charge in [0, 0.05) is 49.5 Å². The number of rotatable bonds is 8. The molecule has 1 amide bonds. The van der Waals surface area contributed by atoms with Crippen LogP contribution in [-0.2, 0) is 11.2 Å². The molecule has 0 radical (unpaired) electrons. The highest BCUT2D eigenvalue weighted by atomic mass is 32.1. The third-order valence-electron chi connectivity index (χ3n) is 6.06. The van der Waals surface area contributed by atoms with E-state index in [1.165, 1.54) is 4.88 Å². The van der Waals surface area contributed by atoms with E-state index in [1.54, 1.807) is 17.7 Å². The van der Waals surface area contributed by atoms with Gasteiger partial charge >= 0.3 is 0 Å². The van der Waals surface area contributed by atoms with Crippen molar-refractivity contribution in [2.75, 3.05) is 31.1 Å². The largest absolute Gasteiger partial charge is 0.352 e. The Labute approximate surface area is 193 Å². The molecular weight excluding hydrogens is 420 g/mol. The Bertz CT molecular complexity index is 1090. The Morgan fingerprint density at radius 2 is 1.72 bits per heavy atom. The average molecular weight is 451 g/mol. The molecular formula is C25H30N4O2S. The lowest BCUT2D eigenvalue weighted by atomic mass is 10.0. The molecule has 0 unspecified atom stereocenters. The number of aromatic nitrogens is 2. The van der Waals surface area contributed by atoms with Crippen LogP contribution in [0.25, 0.3) is 10.2 Å². The van der Waals surface area contributed by atoms with Gasteiger partial charge in [0.1, 0.15) is 17.0 Å². The maximum Gasteiger partial charge on any atom is 0.222 e. The lowest BCUT2D eigenvalue weighted by molar-refractivity contribution is -0.131. The van der Waals surface area contributed by atoms with Crippen LogP contribution >= 0.6 is 11.3 Å². The maximum atomic E-state index is 12.6. The van der Waals surface area contributed by atoms with Gasteiger partial charge in [-0.2, -0.15) is 0 Å². The van der Waals surface area contributed by atoms with Crippen molar-refractivity contribution >= 4 is 39.1 Å². The number of nitrogens with zero attached hydrogens (tertiary/aromatic N) is 4. The lowest BCUT2D eigenvalue weighted by Gasteiger charge is -2.35. The molecule has 3 aromatic rings. The van der Waals surface area contributed by atoms with Crippen LogP contribution in [0.3, 0.4) is 0 Å². The van der Waals surface area contributed by atoms with E-state index in [1.807, 2.05) is 36.1 Å². The molecule has 32 heavy (non-hydrogen) atoms. The predicted molar refractivity (Wildman–Crippen MR) is 130 cm³/mol. The molecule has 3 heterocycles. The average Bonchev–Trinajstić information content (AvgIpc) is 3.26. The number of hydrogen-bond acceptors (Lipinski definition) is 6. The summed E-state index contributed by atoms with van der Waals surface area (Å²) in [5, 5.41) is 1.12. The first-order valence-corrected chi connectivity index (χ1v) is 12.2. The third kappa shape index (κ3) is 5.15. The van der Waals surface area contributed by atoms with Crippen LogP contribution in [0.1, 0.15) is 53.4 Å². The molecule has 0 spiro atoms. The first-order valence-electron chi connectivity index (χ1n) is 11.4. The van der Waals surface area contributed by atoms with Gasteiger partial charge in [0.2, 0.25) is 5.91 Å². The van der Waals surface area contributed by atoms with E-state index in [-0.39, 0.29) is 11.7 Å². The Balaban J connectivity index is 1.23. The van der Waals surface area contributed by atoms with Crippen molar-refractivity contribution in [3.05, 3.63) is 52.7 Å². The van der Waals surface area contributed by atoms with Gasteiger partial charge in [-0.15, -0.1) is 11.3 Å². The highest BCUT2D eigenvalue weighted by Crippen LogP contribution is 2.31. The molecule has 0 aliphatic carbocycles. The minimum Gasteiger partial charge on any atom is -0.352 e. The van der Waals surface area contributed by atoms with E-state index in [9.17, 15) is 9.59 Å². The lowest BCUT2D eigenvalue weighted by Crippen LogP contribution is -2.49. The summed E-state index contributed by atoms with van der Waals surface area (Å²) in [6, 6.07) is 9.89. The molecule has 168 valence electrons. The monoisotopic (exact) mass is 450 g/mol. The summed E-state index contributed by atoms with van der Waals surface area (Å²) >= 11 is 1.73. The number of ketones is 1. The molecule has 2 aromatic heterocycles. The third-order valence-corrected chi connectivity index (χ3v) is 7.25. The molecule has 7 heteroatoms. The smallest absolute Gasteiger partial charge is 0.222 e. The molecule has 1 saturated heterocycles. The number of carbonyl (C=O) groups excluding carboxylic acids is 2. The van der Waals surface area contributed by atoms with E-state index < -0.39 is 0 Å². The van der Waals surface area contributed by atoms with Crippen LogP contribution in [0.5, 0.6) is 0 Å². The van der Waals surface area contributed by atoms with Gasteiger partial charge < -0.3 is 9.80 Å². The summed E-state index contributed by atoms with van der Waals surface area (Å²) in [6.07, 6.45) is 5.13. The normalized spacial score (nSPS) is 14.2. The van der Waals surface area contributed by atoms with Gasteiger partial charge in [0.05, 0.1) is 5.39 Å². The zero-order chi connectivity index (χ0) is 22.5. The van der Waals surface area contributed by atoms with Crippen LogP contribution in [0.2, 0.25) is 0 Å². The molecule has 0 N–H and O–H groups in total. The summed E-state index contributed by atoms with van der Waals surface area (Å²) in [5.74, 6) is 1.32. The number of Topliss-reactive ketones (excluding diaryl/α,β-unsaturated/α-hetero) is 1. The molecule has 1 aromatic carbocycles. The predicted octanol–water partition coefficient (Wildman–Crippen LogP) is 4.65. The number of piperazine rings is 1. The van der Waals surface area contributed by atoms with Crippen molar-refractivity contribution in [2.45, 2.75) is 46.0 Å². The van der Waals surface area contributed by atoms with E-state index in [0.29, 0.717) is 25.9 Å². The van der Waals surface area contributed by atoms with Gasteiger partial charge in [-0.1, -0.05) is 36.8 Å². The minimum atomic E-state index is 0.155. The molecule has 0 saturated carbocycles. The van der Waals surface area contributed by atoms with Crippen molar-refractivity contribution in [1.29, 1.82) is 0 Å². The zero-order valence-electron chi connectivity index (χ0n) is 18.8. The first-order chi connectivity index (χ1) is 15.5. The van der Waals surface area contributed by atoms with Gasteiger partial charge in [-0.25, -0.2) is 9.97 Å². The standard InChI is InChI=1S/C25H30N4O2S/c1-3-20-16-21-24(26-17-27-25(21)32-20)29-14-12-28(13-15-29)23(31)7-5-4-6-22(30)19-10-8-18(2)9-11-19/h8-11,16-17H,3-7,12-15H2,1-2H3. The fourth-order valence-electron chi connectivity index (χ4n) is 4.09. The molecule has 0 atom stereocenters. The number of thiophene rings is 1. The highest BCUT2D eigenvalue weighted by Gasteiger charge is 2.23. The second kappa shape index (κ2) is 10.2. The van der Waals surface area contributed by atoms with Crippen molar-refractivity contribution in [3.63, 3.8) is 0 Å². The van der Waals surface area contributed by atoms with Gasteiger partial charge in [0.25, 0.3) is 0 Å². The molecule has 0 bridgehead atoms. The number of carbonyl (C=O) groups is 2. The summed E-state index contributed by atoms with van der Waals surface area (Å²) < 4.78 is 0. The number of anilines is 1. The molecule has 1 fully saturated rings. The Hall–Kier alpha value is -2.80. The molecule has 6 nitrogen and oxygen atoms in total. The molecule has 1 aliphatic heterocycles. The molecule has 4 rings (SSSR count). The number of benzene rings is 1. The highest BCUT2D eigenvalue weighted by molar-refractivity contribution is 7.18. The van der Waals surface area contributed by atoms with E-state index >= 15 is 0 Å². The topological polar surface area (TPSA) is 66.4 Å². The van der Waals surface area contributed by atoms with Crippen LogP contribution in [0, 0.1) is 6.92 Å². The van der Waals surface area contributed by atoms with E-state index in [0.717, 1.165) is 59.5 Å². The Kier molecular flexibility index (Phi) is 7.15. The van der Waals surface area contributed by atoms with Crippen molar-refractivity contribution < 1.29 is 9.59 Å². The summed E-state index contributed by atoms with van der Waals surface area (Å²) in [4.78, 5) is 40.4. The van der Waals surface area contributed by atoms with E-state index in [4.69, 9.17) is 0 Å². The second-order valence-electron chi connectivity index (χ2n) is 8.35. The maximum absolute atomic E-state index is 12.6. The SMILES string of the molecule is CCc1cc2c(N3CCN(C(=O)CCCCC(=O)c4ccc(C)cc4)CC3)ncnc2s1. The number of hydrogen-bond donors (Lipinski definition) is 0. The fourth-order valence-corrected chi connectivity index (χ4v) is 5.02. The van der Waals surface area contributed by atoms with Crippen molar-refractivity contribution in [3.8, 4) is 0 Å². The first kappa shape index (κ1) is 22.4. The van der Waals surface area contributed by atoms with Crippen LogP contribution in [0.4, 0.5) is 5.82 Å².